The topological polar surface area (TPSA) is 64.3 Å². The maximum Gasteiger partial charge on any atom is 0.230 e. The summed E-state index contributed by atoms with van der Waals surface area (Å²) in [4.78, 5) is 12.0. The van der Waals surface area contributed by atoms with Crippen molar-refractivity contribution >= 4 is 17.3 Å². The fourth-order valence-electron chi connectivity index (χ4n) is 2.07. The lowest BCUT2D eigenvalue weighted by molar-refractivity contribution is -0.119. The predicted molar refractivity (Wildman–Crippen MR) is 67.7 cm³/mol. The number of ether oxygens (including phenoxy) is 1. The zero-order valence-electron chi connectivity index (χ0n) is 10.5. The van der Waals surface area contributed by atoms with Crippen LogP contribution in [-0.4, -0.2) is 18.6 Å². The summed E-state index contributed by atoms with van der Waals surface area (Å²) >= 11 is 0. The van der Waals surface area contributed by atoms with Gasteiger partial charge in [-0.05, 0) is 38.0 Å². The first-order chi connectivity index (χ1) is 8.49. The molecule has 2 rings (SSSR count). The summed E-state index contributed by atoms with van der Waals surface area (Å²) in [5.41, 5.74) is 6.88. The second-order valence-corrected chi connectivity index (χ2v) is 4.70. The molecule has 1 aromatic carbocycles. The number of nitrogens with one attached hydrogen (secondary N) is 1. The van der Waals surface area contributed by atoms with Crippen molar-refractivity contribution in [3.63, 3.8) is 0 Å². The highest BCUT2D eigenvalue weighted by Gasteiger charge is 2.29. The molecule has 18 heavy (non-hydrogen) atoms. The number of benzene rings is 1. The number of amides is 1. The van der Waals surface area contributed by atoms with E-state index in [0.29, 0.717) is 24.3 Å². The lowest BCUT2D eigenvalue weighted by atomic mass is 10.0. The first kappa shape index (κ1) is 12.8. The molecule has 1 aliphatic rings. The fourth-order valence-corrected chi connectivity index (χ4v) is 2.07. The van der Waals surface area contributed by atoms with E-state index in [0.717, 1.165) is 0 Å². The Hall–Kier alpha value is -1.62. The summed E-state index contributed by atoms with van der Waals surface area (Å²) in [5, 5.41) is 2.61. The van der Waals surface area contributed by atoms with Crippen LogP contribution in [0.5, 0.6) is 0 Å². The first-order valence-electron chi connectivity index (χ1n) is 5.96. The predicted octanol–water partition coefficient (Wildman–Crippen LogP) is 2.08. The van der Waals surface area contributed by atoms with Crippen LogP contribution in [0.1, 0.15) is 18.9 Å². The van der Waals surface area contributed by atoms with Gasteiger partial charge in [0.2, 0.25) is 5.91 Å². The summed E-state index contributed by atoms with van der Waals surface area (Å²) < 4.78 is 19.0. The van der Waals surface area contributed by atoms with E-state index >= 15 is 0 Å². The Morgan fingerprint density at radius 1 is 1.56 bits per heavy atom. The summed E-state index contributed by atoms with van der Waals surface area (Å²) in [5.74, 6) is -0.908. The Balaban J connectivity index is 2.14. The van der Waals surface area contributed by atoms with Crippen molar-refractivity contribution in [2.24, 2.45) is 5.92 Å². The minimum absolute atomic E-state index is 0.0764. The van der Waals surface area contributed by atoms with Gasteiger partial charge in [-0.15, -0.1) is 0 Å². The van der Waals surface area contributed by atoms with Crippen LogP contribution >= 0.6 is 0 Å². The van der Waals surface area contributed by atoms with Gasteiger partial charge < -0.3 is 15.8 Å². The Bertz CT molecular complexity index is 476. The van der Waals surface area contributed by atoms with Crippen LogP contribution in [-0.2, 0) is 9.53 Å². The minimum Gasteiger partial charge on any atom is -0.398 e. The average molecular weight is 252 g/mol. The number of hydrogen-bond donors (Lipinski definition) is 2. The molecule has 1 aromatic rings. The molecule has 1 fully saturated rings. The van der Waals surface area contributed by atoms with Crippen LogP contribution < -0.4 is 11.1 Å². The molecule has 0 radical (unpaired) electrons. The molecule has 5 heteroatoms. The van der Waals surface area contributed by atoms with Gasteiger partial charge in [0.15, 0.2) is 0 Å². The highest BCUT2D eigenvalue weighted by molar-refractivity contribution is 5.94. The summed E-state index contributed by atoms with van der Waals surface area (Å²) in [7, 11) is 0. The van der Waals surface area contributed by atoms with Gasteiger partial charge >= 0.3 is 0 Å². The monoisotopic (exact) mass is 252 g/mol. The smallest absolute Gasteiger partial charge is 0.230 e. The van der Waals surface area contributed by atoms with Crippen molar-refractivity contribution in [1.82, 2.24) is 0 Å². The van der Waals surface area contributed by atoms with Crippen molar-refractivity contribution in [1.29, 1.82) is 0 Å². The van der Waals surface area contributed by atoms with Crippen molar-refractivity contribution in [2.75, 3.05) is 17.7 Å². The van der Waals surface area contributed by atoms with Gasteiger partial charge in [-0.2, -0.15) is 0 Å². The van der Waals surface area contributed by atoms with Gasteiger partial charge in [-0.3, -0.25) is 4.79 Å². The van der Waals surface area contributed by atoms with Crippen LogP contribution in [0.25, 0.3) is 0 Å². The zero-order chi connectivity index (χ0) is 13.3. The quantitative estimate of drug-likeness (QED) is 0.792. The maximum atomic E-state index is 13.7. The molecule has 98 valence electrons. The molecule has 3 N–H and O–H groups in total. The molecule has 4 nitrogen and oxygen atoms in total. The van der Waals surface area contributed by atoms with Crippen LogP contribution in [0.3, 0.4) is 0 Å². The van der Waals surface area contributed by atoms with E-state index in [1.54, 1.807) is 6.92 Å². The normalized spacial score (nSPS) is 23.1. The molecule has 1 saturated heterocycles. The maximum absolute atomic E-state index is 13.7. The number of carbonyl (C=O) groups excluding carboxylic acids is 1. The third-order valence-electron chi connectivity index (χ3n) is 3.27. The van der Waals surface area contributed by atoms with E-state index in [2.05, 4.69) is 5.32 Å². The first-order valence-corrected chi connectivity index (χ1v) is 5.96. The highest BCUT2D eigenvalue weighted by atomic mass is 19.1. The lowest BCUT2D eigenvalue weighted by Gasteiger charge is -2.13. The van der Waals surface area contributed by atoms with Gasteiger partial charge in [-0.1, -0.05) is 0 Å². The third kappa shape index (κ3) is 2.46. The SMILES string of the molecule is Cc1c(N)ccc(F)c1NC(=O)C1COC(C)C1. The molecular formula is C13H17FN2O2. The van der Waals surface area contributed by atoms with Crippen LogP contribution in [0.4, 0.5) is 15.8 Å². The van der Waals surface area contributed by atoms with Gasteiger partial charge in [0.05, 0.1) is 24.3 Å². The third-order valence-corrected chi connectivity index (χ3v) is 3.27. The van der Waals surface area contributed by atoms with Crippen LogP contribution in [0.15, 0.2) is 12.1 Å². The Morgan fingerprint density at radius 2 is 2.28 bits per heavy atom. The lowest BCUT2D eigenvalue weighted by Crippen LogP contribution is -2.24. The standard InChI is InChI=1S/C13H17FN2O2/c1-7-5-9(6-18-7)13(17)16-12-8(2)11(15)4-3-10(12)14/h3-4,7,9H,5-6,15H2,1-2H3,(H,16,17). The fraction of sp³-hybridized carbons (Fsp3) is 0.462. The number of hydrogen-bond acceptors (Lipinski definition) is 3. The number of anilines is 2. The average Bonchev–Trinajstić information content (AvgIpc) is 2.76. The van der Waals surface area contributed by atoms with E-state index in [1.807, 2.05) is 6.92 Å². The zero-order valence-corrected chi connectivity index (χ0v) is 10.5. The Labute approximate surface area is 105 Å². The van der Waals surface area contributed by atoms with E-state index in [9.17, 15) is 9.18 Å². The number of halogens is 1. The Kier molecular flexibility index (Phi) is 3.52. The van der Waals surface area contributed by atoms with Crippen LogP contribution in [0.2, 0.25) is 0 Å². The largest absolute Gasteiger partial charge is 0.398 e. The summed E-state index contributed by atoms with van der Waals surface area (Å²) in [6.45, 7) is 3.98. The van der Waals surface area contributed by atoms with Crippen LogP contribution in [0, 0.1) is 18.7 Å². The molecule has 2 unspecified atom stereocenters. The molecule has 0 bridgehead atoms. The van der Waals surface area contributed by atoms with Crippen molar-refractivity contribution in [3.8, 4) is 0 Å². The molecule has 1 heterocycles. The van der Waals surface area contributed by atoms with E-state index < -0.39 is 5.82 Å². The summed E-state index contributed by atoms with van der Waals surface area (Å²) in [6.07, 6.45) is 0.738. The molecule has 0 saturated carbocycles. The van der Waals surface area contributed by atoms with E-state index in [1.165, 1.54) is 12.1 Å². The number of nitrogens with two attached hydrogens (primary N) is 1. The summed E-state index contributed by atoms with van der Waals surface area (Å²) in [6, 6.07) is 2.74. The molecule has 2 atom stereocenters. The van der Waals surface area contributed by atoms with E-state index in [4.69, 9.17) is 10.5 Å². The second-order valence-electron chi connectivity index (χ2n) is 4.70. The Morgan fingerprint density at radius 3 is 2.89 bits per heavy atom. The van der Waals surface area contributed by atoms with Gasteiger partial charge in [0.25, 0.3) is 0 Å². The van der Waals surface area contributed by atoms with Gasteiger partial charge in [-0.25, -0.2) is 4.39 Å². The van der Waals surface area contributed by atoms with Crippen molar-refractivity contribution < 1.29 is 13.9 Å². The second kappa shape index (κ2) is 4.94. The molecule has 1 amide bonds. The minimum atomic E-state index is -0.470. The molecular weight excluding hydrogens is 235 g/mol. The molecule has 1 aliphatic heterocycles. The number of rotatable bonds is 2. The van der Waals surface area contributed by atoms with Crippen molar-refractivity contribution in [2.45, 2.75) is 26.4 Å². The number of nitrogen functional groups attached to an aromatic ring is 1. The van der Waals surface area contributed by atoms with Crippen molar-refractivity contribution in [3.05, 3.63) is 23.5 Å². The van der Waals surface area contributed by atoms with Gasteiger partial charge in [0, 0.05) is 5.69 Å². The number of carbonyl (C=O) groups is 1. The molecule has 0 aliphatic carbocycles. The van der Waals surface area contributed by atoms with E-state index in [-0.39, 0.29) is 23.6 Å². The molecule has 0 spiro atoms. The highest BCUT2D eigenvalue weighted by Crippen LogP contribution is 2.27. The molecule has 0 aromatic heterocycles. The van der Waals surface area contributed by atoms with Gasteiger partial charge in [0.1, 0.15) is 5.82 Å².